The largest absolute Gasteiger partial charge is 0.456 e. The third kappa shape index (κ3) is 4.24. The second-order valence-corrected chi connectivity index (χ2v) is 7.54. The Kier molecular flexibility index (Phi) is 5.60. The molecule has 0 fully saturated rings. The van der Waals surface area contributed by atoms with Crippen LogP contribution in [-0.2, 0) is 11.3 Å². The molecule has 7 nitrogen and oxygen atoms in total. The quantitative estimate of drug-likeness (QED) is 0.474. The summed E-state index contributed by atoms with van der Waals surface area (Å²) in [7, 11) is 0. The van der Waals surface area contributed by atoms with Crippen molar-refractivity contribution in [2.75, 3.05) is 5.32 Å². The molecule has 0 atom stereocenters. The van der Waals surface area contributed by atoms with Crippen LogP contribution in [0.4, 0.5) is 5.69 Å². The Morgan fingerprint density at radius 3 is 2.80 bits per heavy atom. The van der Waals surface area contributed by atoms with Gasteiger partial charge in [0, 0.05) is 28.2 Å². The van der Waals surface area contributed by atoms with Gasteiger partial charge in [-0.15, -0.1) is 11.3 Å². The molecule has 4 rings (SSSR count). The topological polar surface area (TPSA) is 89.8 Å². The fourth-order valence-corrected chi connectivity index (χ4v) is 3.70. The molecule has 0 unspecified atom stereocenters. The zero-order valence-corrected chi connectivity index (χ0v) is 16.9. The van der Waals surface area contributed by atoms with Crippen molar-refractivity contribution in [1.82, 2.24) is 9.38 Å². The van der Waals surface area contributed by atoms with Crippen LogP contribution in [0.15, 0.2) is 71.0 Å². The molecule has 1 N–H and O–H groups in total. The van der Waals surface area contributed by atoms with Gasteiger partial charge in [0.05, 0.1) is 16.9 Å². The standard InChI is InChI=1S/C21H14ClN3O4S/c22-14-5-3-4-13(10-14)19(27)24-17-7-2-1-6-16(17)20(28)29-12-15-11-18(26)25-8-9-30-21(25)23-15/h1-11H,12H2,(H,24,27). The van der Waals surface area contributed by atoms with Gasteiger partial charge in [0.15, 0.2) is 4.96 Å². The van der Waals surface area contributed by atoms with Crippen LogP contribution >= 0.6 is 22.9 Å². The number of hydrogen-bond donors (Lipinski definition) is 1. The zero-order chi connectivity index (χ0) is 21.1. The van der Waals surface area contributed by atoms with Crippen LogP contribution < -0.4 is 10.9 Å². The van der Waals surface area contributed by atoms with Crippen LogP contribution in [0, 0.1) is 0 Å². The molecule has 0 saturated heterocycles. The Labute approximate surface area is 179 Å². The van der Waals surface area contributed by atoms with Gasteiger partial charge in [0.25, 0.3) is 11.5 Å². The molecule has 2 aromatic carbocycles. The van der Waals surface area contributed by atoms with Gasteiger partial charge in [-0.2, -0.15) is 0 Å². The van der Waals surface area contributed by atoms with E-state index < -0.39 is 11.9 Å². The summed E-state index contributed by atoms with van der Waals surface area (Å²) in [5.74, 6) is -1.05. The van der Waals surface area contributed by atoms with Crippen molar-refractivity contribution in [3.05, 3.63) is 98.4 Å². The van der Waals surface area contributed by atoms with Crippen LogP contribution in [0.5, 0.6) is 0 Å². The van der Waals surface area contributed by atoms with Crippen LogP contribution in [0.25, 0.3) is 4.96 Å². The number of amides is 1. The molecule has 4 aromatic rings. The maximum atomic E-state index is 12.6. The maximum absolute atomic E-state index is 12.6. The molecule has 0 radical (unpaired) electrons. The van der Waals surface area contributed by atoms with Gasteiger partial charge in [-0.25, -0.2) is 9.78 Å². The number of anilines is 1. The van der Waals surface area contributed by atoms with Crippen molar-refractivity contribution < 1.29 is 14.3 Å². The average Bonchev–Trinajstić information content (AvgIpc) is 3.22. The molecular formula is C21H14ClN3O4S. The first-order valence-corrected chi connectivity index (χ1v) is 10.1. The van der Waals surface area contributed by atoms with E-state index in [1.165, 1.54) is 27.9 Å². The molecule has 2 heterocycles. The summed E-state index contributed by atoms with van der Waals surface area (Å²) >= 11 is 7.24. The number of para-hydroxylation sites is 1. The van der Waals surface area contributed by atoms with E-state index in [9.17, 15) is 14.4 Å². The molecule has 0 aliphatic carbocycles. The lowest BCUT2D eigenvalue weighted by atomic mass is 10.1. The predicted molar refractivity (Wildman–Crippen MR) is 114 cm³/mol. The van der Waals surface area contributed by atoms with E-state index in [-0.39, 0.29) is 17.7 Å². The van der Waals surface area contributed by atoms with Crippen LogP contribution in [-0.4, -0.2) is 21.3 Å². The van der Waals surface area contributed by atoms with Gasteiger partial charge in [0.1, 0.15) is 6.61 Å². The second-order valence-electron chi connectivity index (χ2n) is 6.23. The van der Waals surface area contributed by atoms with E-state index >= 15 is 0 Å². The summed E-state index contributed by atoms with van der Waals surface area (Å²) in [5.41, 5.74) is 0.938. The third-order valence-electron chi connectivity index (χ3n) is 4.19. The van der Waals surface area contributed by atoms with Crippen molar-refractivity contribution >= 4 is 45.5 Å². The highest BCUT2D eigenvalue weighted by atomic mass is 35.5. The Morgan fingerprint density at radius 2 is 1.97 bits per heavy atom. The number of carbonyl (C=O) groups excluding carboxylic acids is 2. The van der Waals surface area contributed by atoms with Gasteiger partial charge >= 0.3 is 5.97 Å². The Hall–Kier alpha value is -3.49. The number of benzene rings is 2. The lowest BCUT2D eigenvalue weighted by Gasteiger charge is -2.11. The number of hydrogen-bond acceptors (Lipinski definition) is 6. The molecule has 9 heteroatoms. The number of nitrogens with one attached hydrogen (secondary N) is 1. The number of nitrogens with zero attached hydrogens (tertiary/aromatic N) is 2. The van der Waals surface area contributed by atoms with Gasteiger partial charge in [0.2, 0.25) is 0 Å². The summed E-state index contributed by atoms with van der Waals surface area (Å²) in [6.07, 6.45) is 1.63. The van der Waals surface area contributed by atoms with Gasteiger partial charge in [-0.3, -0.25) is 14.0 Å². The SMILES string of the molecule is O=C(Nc1ccccc1C(=O)OCc1cc(=O)n2ccsc2n1)c1cccc(Cl)c1. The highest BCUT2D eigenvalue weighted by Gasteiger charge is 2.16. The molecule has 0 saturated carbocycles. The normalized spacial score (nSPS) is 10.7. The Bertz CT molecular complexity index is 1310. The Morgan fingerprint density at radius 1 is 1.13 bits per heavy atom. The molecule has 0 bridgehead atoms. The van der Waals surface area contributed by atoms with Crippen molar-refractivity contribution in [2.45, 2.75) is 6.61 Å². The number of fused-ring (bicyclic) bond motifs is 1. The molecule has 150 valence electrons. The first-order valence-electron chi connectivity index (χ1n) is 8.80. The van der Waals surface area contributed by atoms with E-state index in [1.807, 2.05) is 0 Å². The molecule has 0 aliphatic heterocycles. The van der Waals surface area contributed by atoms with E-state index in [1.54, 1.807) is 54.0 Å². The van der Waals surface area contributed by atoms with Crippen molar-refractivity contribution in [3.8, 4) is 0 Å². The Balaban J connectivity index is 1.50. The molecule has 0 spiro atoms. The summed E-state index contributed by atoms with van der Waals surface area (Å²) in [5, 5.41) is 4.88. The highest BCUT2D eigenvalue weighted by molar-refractivity contribution is 7.15. The predicted octanol–water partition coefficient (Wildman–Crippen LogP) is 4.02. The fraction of sp³-hybridized carbons (Fsp3) is 0.0476. The summed E-state index contributed by atoms with van der Waals surface area (Å²) in [4.78, 5) is 42.0. The number of thiazole rings is 1. The number of ether oxygens (including phenoxy) is 1. The first-order chi connectivity index (χ1) is 14.5. The molecule has 2 aromatic heterocycles. The average molecular weight is 440 g/mol. The monoisotopic (exact) mass is 439 g/mol. The summed E-state index contributed by atoms with van der Waals surface area (Å²) < 4.78 is 6.74. The number of rotatable bonds is 5. The van der Waals surface area contributed by atoms with Gasteiger partial charge in [-0.1, -0.05) is 29.8 Å². The molecular weight excluding hydrogens is 426 g/mol. The molecule has 0 aliphatic rings. The minimum absolute atomic E-state index is 0.168. The zero-order valence-electron chi connectivity index (χ0n) is 15.4. The number of halogens is 1. The fourth-order valence-electron chi connectivity index (χ4n) is 2.77. The lowest BCUT2D eigenvalue weighted by molar-refractivity contribution is 0.0469. The first kappa shape index (κ1) is 19.8. The van der Waals surface area contributed by atoms with Crippen LogP contribution in [0.3, 0.4) is 0 Å². The van der Waals surface area contributed by atoms with E-state index in [2.05, 4.69) is 10.3 Å². The third-order valence-corrected chi connectivity index (χ3v) is 5.18. The van der Waals surface area contributed by atoms with Crippen molar-refractivity contribution in [2.24, 2.45) is 0 Å². The number of esters is 1. The number of aromatic nitrogens is 2. The smallest absolute Gasteiger partial charge is 0.340 e. The lowest BCUT2D eigenvalue weighted by Crippen LogP contribution is -2.17. The van der Waals surface area contributed by atoms with Crippen LogP contribution in [0.2, 0.25) is 5.02 Å². The molecule has 1 amide bonds. The summed E-state index contributed by atoms with van der Waals surface area (Å²) in [6.45, 7) is -0.168. The van der Waals surface area contributed by atoms with E-state index in [0.29, 0.717) is 26.9 Å². The minimum atomic E-state index is -0.648. The van der Waals surface area contributed by atoms with E-state index in [4.69, 9.17) is 16.3 Å². The van der Waals surface area contributed by atoms with Crippen LogP contribution in [0.1, 0.15) is 26.4 Å². The van der Waals surface area contributed by atoms with Gasteiger partial charge in [-0.05, 0) is 30.3 Å². The minimum Gasteiger partial charge on any atom is -0.456 e. The highest BCUT2D eigenvalue weighted by Crippen LogP contribution is 2.19. The van der Waals surface area contributed by atoms with E-state index in [0.717, 1.165) is 0 Å². The summed E-state index contributed by atoms with van der Waals surface area (Å²) in [6, 6.07) is 14.3. The number of carbonyl (C=O) groups is 2. The second kappa shape index (κ2) is 8.48. The molecule has 30 heavy (non-hydrogen) atoms. The van der Waals surface area contributed by atoms with Crippen molar-refractivity contribution in [3.63, 3.8) is 0 Å². The van der Waals surface area contributed by atoms with Crippen molar-refractivity contribution in [1.29, 1.82) is 0 Å². The van der Waals surface area contributed by atoms with Gasteiger partial charge < -0.3 is 10.1 Å². The maximum Gasteiger partial charge on any atom is 0.340 e.